The molecule has 3 aliphatic carbocycles. The molecule has 0 aromatic heterocycles. The van der Waals surface area contributed by atoms with E-state index < -0.39 is 0 Å². The predicted molar refractivity (Wildman–Crippen MR) is 132 cm³/mol. The highest BCUT2D eigenvalue weighted by molar-refractivity contribution is 5.89. The molecule has 5 nitrogen and oxygen atoms in total. The molecule has 1 aromatic carbocycles. The number of anilines is 1. The summed E-state index contributed by atoms with van der Waals surface area (Å²) in [6.07, 6.45) is 11.3. The molecule has 8 atom stereocenters. The number of nitrogens with zero attached hydrogens (tertiary/aromatic N) is 1. The number of fused-ring (bicyclic) bond motifs is 5. The number of amides is 3. The highest BCUT2D eigenvalue weighted by Gasteiger charge is 2.60. The van der Waals surface area contributed by atoms with E-state index in [2.05, 4.69) is 37.5 Å². The summed E-state index contributed by atoms with van der Waals surface area (Å²) in [7, 11) is 1.99. The third-order valence-corrected chi connectivity index (χ3v) is 10.2. The monoisotopic (exact) mass is 449 g/mol. The molecule has 2 unspecified atom stereocenters. The Labute approximate surface area is 198 Å². The van der Waals surface area contributed by atoms with Crippen molar-refractivity contribution in [3.8, 4) is 0 Å². The van der Waals surface area contributed by atoms with E-state index in [9.17, 15) is 9.59 Å². The summed E-state index contributed by atoms with van der Waals surface area (Å²) in [4.78, 5) is 27.0. The molecule has 5 heteroatoms. The number of urea groups is 1. The number of carbonyl (C=O) groups is 2. The molecule has 0 saturated heterocycles. The van der Waals surface area contributed by atoms with Crippen LogP contribution in [0.15, 0.2) is 42.5 Å². The smallest absolute Gasteiger partial charge is 0.319 e. The van der Waals surface area contributed by atoms with E-state index in [0.29, 0.717) is 29.7 Å². The fourth-order valence-corrected chi connectivity index (χ4v) is 8.60. The second-order valence-corrected chi connectivity index (χ2v) is 11.6. The topological polar surface area (TPSA) is 61.4 Å². The Balaban J connectivity index is 1.30. The van der Waals surface area contributed by atoms with Crippen LogP contribution in [0.2, 0.25) is 0 Å². The Morgan fingerprint density at radius 1 is 1.06 bits per heavy atom. The van der Waals surface area contributed by atoms with Gasteiger partial charge in [0.15, 0.2) is 0 Å². The van der Waals surface area contributed by atoms with Crippen LogP contribution in [0.5, 0.6) is 0 Å². The quantitative estimate of drug-likeness (QED) is 0.644. The lowest BCUT2D eigenvalue weighted by molar-refractivity contribution is -0.139. The van der Waals surface area contributed by atoms with E-state index in [1.807, 2.05) is 48.4 Å². The molecule has 0 bridgehead atoms. The van der Waals surface area contributed by atoms with Gasteiger partial charge in [0.05, 0.1) is 0 Å². The first kappa shape index (κ1) is 22.5. The third kappa shape index (κ3) is 3.59. The maximum atomic E-state index is 12.7. The minimum atomic E-state index is -0.109. The largest absolute Gasteiger partial charge is 0.338 e. The lowest BCUT2D eigenvalue weighted by Gasteiger charge is -2.60. The van der Waals surface area contributed by atoms with Crippen molar-refractivity contribution >= 4 is 17.6 Å². The molecule has 1 heterocycles. The van der Waals surface area contributed by atoms with E-state index >= 15 is 0 Å². The maximum absolute atomic E-state index is 12.7. The fraction of sp³-hybridized carbons (Fsp3) is 0.643. The molecule has 3 fully saturated rings. The van der Waals surface area contributed by atoms with Crippen LogP contribution in [-0.4, -0.2) is 36.0 Å². The van der Waals surface area contributed by atoms with Gasteiger partial charge in [0, 0.05) is 30.2 Å². The zero-order chi connectivity index (χ0) is 23.4. The van der Waals surface area contributed by atoms with Gasteiger partial charge in [0.2, 0.25) is 5.91 Å². The van der Waals surface area contributed by atoms with Gasteiger partial charge < -0.3 is 15.5 Å². The number of benzene rings is 1. The number of likely N-dealkylation sites (N-methyl/N-ethyl adjacent to an activating group) is 1. The molecular weight excluding hydrogens is 410 g/mol. The van der Waals surface area contributed by atoms with Gasteiger partial charge in [0.25, 0.3) is 0 Å². The number of nitrogens with one attached hydrogen (secondary N) is 2. The summed E-state index contributed by atoms with van der Waals surface area (Å²) in [6.45, 7) is 7.10. The Morgan fingerprint density at radius 2 is 1.82 bits per heavy atom. The molecule has 3 amide bonds. The van der Waals surface area contributed by atoms with Gasteiger partial charge in [-0.1, -0.05) is 38.1 Å². The molecule has 0 spiro atoms. The van der Waals surface area contributed by atoms with E-state index in [1.165, 1.54) is 32.1 Å². The lowest BCUT2D eigenvalue weighted by atomic mass is 9.47. The zero-order valence-electron chi connectivity index (χ0n) is 20.5. The second kappa shape index (κ2) is 8.18. The Hall–Kier alpha value is -2.30. The molecule has 1 aromatic rings. The van der Waals surface area contributed by atoms with Crippen molar-refractivity contribution in [2.75, 3.05) is 12.4 Å². The first-order valence-corrected chi connectivity index (χ1v) is 12.8. The van der Waals surface area contributed by atoms with Crippen LogP contribution in [0.3, 0.4) is 0 Å². The molecule has 5 rings (SSSR count). The summed E-state index contributed by atoms with van der Waals surface area (Å²) in [5.74, 6) is 2.72. The second-order valence-electron chi connectivity index (χ2n) is 11.6. The number of hydrogen-bond acceptors (Lipinski definition) is 2. The van der Waals surface area contributed by atoms with Gasteiger partial charge in [0.1, 0.15) is 0 Å². The van der Waals surface area contributed by atoms with Crippen molar-refractivity contribution in [1.29, 1.82) is 0 Å². The summed E-state index contributed by atoms with van der Waals surface area (Å²) in [5.41, 5.74) is 1.18. The molecule has 1 aliphatic heterocycles. The fourth-order valence-electron chi connectivity index (χ4n) is 8.60. The number of hydrogen-bond donors (Lipinski definition) is 2. The van der Waals surface area contributed by atoms with E-state index in [-0.39, 0.29) is 28.8 Å². The Morgan fingerprint density at radius 3 is 2.58 bits per heavy atom. The summed E-state index contributed by atoms with van der Waals surface area (Å²) < 4.78 is 0. The summed E-state index contributed by atoms with van der Waals surface area (Å²) in [6, 6.07) is 10.0. The highest BCUT2D eigenvalue weighted by atomic mass is 16.2. The van der Waals surface area contributed by atoms with Gasteiger partial charge in [-0.15, -0.1) is 0 Å². The molecule has 3 saturated carbocycles. The van der Waals surface area contributed by atoms with Crippen LogP contribution < -0.4 is 10.6 Å². The maximum Gasteiger partial charge on any atom is 0.319 e. The normalized spacial score (nSPS) is 40.4. The van der Waals surface area contributed by atoms with Crippen LogP contribution in [0, 0.1) is 34.5 Å². The average Bonchev–Trinajstić information content (AvgIpc) is 3.14. The van der Waals surface area contributed by atoms with E-state index in [1.54, 1.807) is 0 Å². The lowest BCUT2D eigenvalue weighted by Crippen LogP contribution is -2.60. The van der Waals surface area contributed by atoms with Crippen LogP contribution in [-0.2, 0) is 4.79 Å². The van der Waals surface area contributed by atoms with Crippen LogP contribution in [0.4, 0.5) is 10.5 Å². The van der Waals surface area contributed by atoms with Crippen molar-refractivity contribution in [2.45, 2.75) is 71.4 Å². The number of para-hydroxylation sites is 1. The Kier molecular flexibility index (Phi) is 5.57. The molecule has 33 heavy (non-hydrogen) atoms. The van der Waals surface area contributed by atoms with E-state index in [0.717, 1.165) is 12.1 Å². The van der Waals surface area contributed by atoms with Crippen molar-refractivity contribution in [2.24, 2.45) is 34.5 Å². The van der Waals surface area contributed by atoms with Crippen molar-refractivity contribution in [3.63, 3.8) is 0 Å². The predicted octanol–water partition coefficient (Wildman–Crippen LogP) is 5.45. The van der Waals surface area contributed by atoms with Gasteiger partial charge in [-0.2, -0.15) is 0 Å². The first-order chi connectivity index (χ1) is 15.7. The van der Waals surface area contributed by atoms with Crippen LogP contribution in [0.25, 0.3) is 0 Å². The van der Waals surface area contributed by atoms with Gasteiger partial charge in [-0.3, -0.25) is 4.79 Å². The Bertz CT molecular complexity index is 946. The van der Waals surface area contributed by atoms with Crippen molar-refractivity contribution < 1.29 is 9.59 Å². The number of carbonyl (C=O) groups excluding carboxylic acids is 2. The zero-order valence-corrected chi connectivity index (χ0v) is 20.5. The first-order valence-electron chi connectivity index (χ1n) is 12.8. The van der Waals surface area contributed by atoms with Crippen LogP contribution >= 0.6 is 0 Å². The van der Waals surface area contributed by atoms with E-state index in [4.69, 9.17) is 0 Å². The molecule has 178 valence electrons. The molecule has 0 radical (unpaired) electrons. The average molecular weight is 450 g/mol. The minimum absolute atomic E-state index is 0.0877. The third-order valence-electron chi connectivity index (χ3n) is 10.2. The van der Waals surface area contributed by atoms with Crippen molar-refractivity contribution in [3.05, 3.63) is 42.5 Å². The molecule has 2 N–H and O–H groups in total. The molecule has 4 aliphatic rings. The standard InChI is InChI=1S/C28H39N3O2/c1-18(29-26(33)30-19-8-6-5-7-9-19)21-11-12-22-20-10-13-24-28(3,17-15-25(32)31(24)4)23(20)14-16-27(21,22)2/h5-9,15,17-18,20-24H,10-14,16H2,1-4H3,(H2,29,30,33)/t18?,20-,21+,22-,23-,24?,27+,28+/m0/s1. The molecular formula is C28H39N3O2. The SMILES string of the molecule is CC(NC(=O)Nc1ccccc1)[C@H]1CC[C@H]2[C@@H]3CCC4N(C)C(=O)C=C[C@]4(C)[C@H]3CC[C@]12C. The van der Waals surface area contributed by atoms with Gasteiger partial charge in [-0.25, -0.2) is 4.79 Å². The van der Waals surface area contributed by atoms with Crippen molar-refractivity contribution in [1.82, 2.24) is 10.2 Å². The summed E-state index contributed by atoms with van der Waals surface area (Å²) >= 11 is 0. The van der Waals surface area contributed by atoms with Crippen LogP contribution in [0.1, 0.15) is 59.3 Å². The minimum Gasteiger partial charge on any atom is -0.338 e. The van der Waals surface area contributed by atoms with Gasteiger partial charge >= 0.3 is 6.03 Å². The highest BCUT2D eigenvalue weighted by Crippen LogP contribution is 2.65. The van der Waals surface area contributed by atoms with Gasteiger partial charge in [-0.05, 0) is 92.7 Å². The summed E-state index contributed by atoms with van der Waals surface area (Å²) in [5, 5.41) is 6.24. The number of rotatable bonds is 3.